The maximum atomic E-state index is 12.2. The molecular weight excluding hydrogens is 349 g/mol. The van der Waals surface area contributed by atoms with Crippen LogP contribution in [-0.4, -0.2) is 53.7 Å². The van der Waals surface area contributed by atoms with E-state index >= 15 is 0 Å². The number of nitrogens with two attached hydrogens (primary N) is 1. The van der Waals surface area contributed by atoms with Gasteiger partial charge in [-0.15, -0.1) is 24.8 Å². The highest BCUT2D eigenvalue weighted by Gasteiger charge is 2.48. The molecule has 24 heavy (non-hydrogen) atoms. The summed E-state index contributed by atoms with van der Waals surface area (Å²) in [4.78, 5) is 14.8. The number of ether oxygens (including phenoxy) is 1. The maximum Gasteiger partial charge on any atom is 0.240 e. The lowest BCUT2D eigenvalue weighted by Gasteiger charge is -2.51. The van der Waals surface area contributed by atoms with E-state index in [0.29, 0.717) is 0 Å². The van der Waals surface area contributed by atoms with E-state index in [4.69, 9.17) is 10.5 Å². The van der Waals surface area contributed by atoms with Gasteiger partial charge in [-0.05, 0) is 39.5 Å². The molecule has 2 saturated carbocycles. The van der Waals surface area contributed by atoms with Crippen LogP contribution in [-0.2, 0) is 9.53 Å². The normalized spacial score (nSPS) is 27.3. The van der Waals surface area contributed by atoms with Crippen LogP contribution in [0.25, 0.3) is 0 Å². The van der Waals surface area contributed by atoms with Crippen molar-refractivity contribution in [3.05, 3.63) is 0 Å². The Balaban J connectivity index is 0.00000144. The first-order valence-corrected chi connectivity index (χ1v) is 8.82. The number of halogens is 2. The Kier molecular flexibility index (Phi) is 7.40. The third-order valence-electron chi connectivity index (χ3n) is 5.70. The Labute approximate surface area is 158 Å². The van der Waals surface area contributed by atoms with E-state index in [9.17, 15) is 4.79 Å². The second-order valence-electron chi connectivity index (χ2n) is 8.15. The van der Waals surface area contributed by atoms with Gasteiger partial charge in [0.25, 0.3) is 0 Å². The van der Waals surface area contributed by atoms with Gasteiger partial charge in [-0.25, -0.2) is 0 Å². The van der Waals surface area contributed by atoms with Crippen molar-refractivity contribution in [2.75, 3.05) is 26.2 Å². The van der Waals surface area contributed by atoms with Gasteiger partial charge in [0.05, 0.1) is 17.7 Å². The van der Waals surface area contributed by atoms with E-state index in [0.717, 1.165) is 39.1 Å². The van der Waals surface area contributed by atoms with Gasteiger partial charge in [-0.1, -0.05) is 19.3 Å². The zero-order valence-electron chi connectivity index (χ0n) is 14.9. The summed E-state index contributed by atoms with van der Waals surface area (Å²) < 4.78 is 5.87. The molecule has 0 aromatic carbocycles. The lowest BCUT2D eigenvalue weighted by atomic mass is 9.79. The van der Waals surface area contributed by atoms with Crippen molar-refractivity contribution >= 4 is 30.7 Å². The maximum absolute atomic E-state index is 12.2. The van der Waals surface area contributed by atoms with Crippen LogP contribution in [0, 0.1) is 0 Å². The van der Waals surface area contributed by atoms with Gasteiger partial charge < -0.3 is 15.8 Å². The van der Waals surface area contributed by atoms with Crippen LogP contribution in [0.3, 0.4) is 0 Å². The van der Waals surface area contributed by atoms with Crippen molar-refractivity contribution in [1.29, 1.82) is 0 Å². The molecule has 1 saturated heterocycles. The minimum absolute atomic E-state index is 0. The highest BCUT2D eigenvalue weighted by Crippen LogP contribution is 2.37. The average Bonchev–Trinajstić information content (AvgIpc) is 3.24. The zero-order valence-corrected chi connectivity index (χ0v) is 16.6. The molecule has 0 unspecified atom stereocenters. The van der Waals surface area contributed by atoms with E-state index in [2.05, 4.69) is 24.1 Å². The fraction of sp³-hybridized carbons (Fsp3) is 0.941. The van der Waals surface area contributed by atoms with Crippen molar-refractivity contribution in [1.82, 2.24) is 10.2 Å². The summed E-state index contributed by atoms with van der Waals surface area (Å²) in [7, 11) is 0. The summed E-state index contributed by atoms with van der Waals surface area (Å²) in [5, 5.41) is 3.17. The van der Waals surface area contributed by atoms with Crippen LogP contribution in [0.1, 0.15) is 58.8 Å². The molecule has 3 fully saturated rings. The Morgan fingerprint density at radius 1 is 1.12 bits per heavy atom. The number of carbonyl (C=O) groups is 1. The number of nitrogens with one attached hydrogen (secondary N) is 1. The fourth-order valence-corrected chi connectivity index (χ4v) is 4.02. The Bertz CT molecular complexity index is 436. The number of nitrogens with zero attached hydrogens (tertiary/aromatic N) is 1. The summed E-state index contributed by atoms with van der Waals surface area (Å²) in [5.41, 5.74) is 5.45. The molecule has 1 heterocycles. The topological polar surface area (TPSA) is 67.6 Å². The number of amides is 1. The molecule has 3 N–H and O–H groups in total. The second kappa shape index (κ2) is 8.09. The number of rotatable bonds is 4. The lowest BCUT2D eigenvalue weighted by molar-refractivity contribution is -0.130. The van der Waals surface area contributed by atoms with E-state index in [1.165, 1.54) is 32.1 Å². The van der Waals surface area contributed by atoms with Crippen molar-refractivity contribution in [3.63, 3.8) is 0 Å². The minimum atomic E-state index is -0.569. The standard InChI is InChI=1S/C17H31N3O2.2ClH/c1-15(2)13-20(10-11-22-15)16(6-4-3-5-7-16)12-19-14(21)17(18)8-9-17;;/h3-13,18H2,1-2H3,(H,19,21);2*1H. The minimum Gasteiger partial charge on any atom is -0.373 e. The number of carbonyl (C=O) groups excluding carboxylic acids is 1. The molecule has 2 aliphatic carbocycles. The predicted molar refractivity (Wildman–Crippen MR) is 101 cm³/mol. The highest BCUT2D eigenvalue weighted by atomic mass is 35.5. The predicted octanol–water partition coefficient (Wildman–Crippen LogP) is 2.25. The van der Waals surface area contributed by atoms with E-state index in [1.54, 1.807) is 0 Å². The van der Waals surface area contributed by atoms with Gasteiger partial charge in [0, 0.05) is 25.2 Å². The molecule has 5 nitrogen and oxygen atoms in total. The zero-order chi connectivity index (χ0) is 15.8. The van der Waals surface area contributed by atoms with Crippen molar-refractivity contribution < 1.29 is 9.53 Å². The smallest absolute Gasteiger partial charge is 0.240 e. The van der Waals surface area contributed by atoms with E-state index in [-0.39, 0.29) is 41.9 Å². The van der Waals surface area contributed by atoms with Crippen LogP contribution in [0.2, 0.25) is 0 Å². The van der Waals surface area contributed by atoms with Crippen LogP contribution in [0.5, 0.6) is 0 Å². The Morgan fingerprint density at radius 3 is 2.29 bits per heavy atom. The summed E-state index contributed by atoms with van der Waals surface area (Å²) >= 11 is 0. The van der Waals surface area contributed by atoms with E-state index in [1.807, 2.05) is 0 Å². The van der Waals surface area contributed by atoms with Crippen molar-refractivity contribution in [3.8, 4) is 0 Å². The van der Waals surface area contributed by atoms with Gasteiger partial charge in [-0.2, -0.15) is 0 Å². The SMILES string of the molecule is CC1(C)CN(C2(CNC(=O)C3(N)CC3)CCCCC2)CCO1.Cl.Cl. The van der Waals surface area contributed by atoms with Gasteiger partial charge in [0.15, 0.2) is 0 Å². The average molecular weight is 382 g/mol. The van der Waals surface area contributed by atoms with Crippen molar-refractivity contribution in [2.45, 2.75) is 75.5 Å². The molecule has 3 aliphatic rings. The molecule has 0 spiro atoms. The molecule has 142 valence electrons. The third-order valence-corrected chi connectivity index (χ3v) is 5.70. The number of hydrogen-bond acceptors (Lipinski definition) is 4. The van der Waals surface area contributed by atoms with Gasteiger partial charge in [-0.3, -0.25) is 9.69 Å². The molecule has 3 rings (SSSR count). The molecule has 0 radical (unpaired) electrons. The first-order valence-electron chi connectivity index (χ1n) is 8.82. The Morgan fingerprint density at radius 2 is 1.75 bits per heavy atom. The molecular formula is C17H33Cl2N3O2. The molecule has 0 aromatic rings. The lowest BCUT2D eigenvalue weighted by Crippen LogP contribution is -2.63. The summed E-state index contributed by atoms with van der Waals surface area (Å²) in [6.45, 7) is 7.74. The monoisotopic (exact) mass is 381 g/mol. The fourth-order valence-electron chi connectivity index (χ4n) is 4.02. The summed E-state index contributed by atoms with van der Waals surface area (Å²) in [5.74, 6) is 0.0463. The number of hydrogen-bond donors (Lipinski definition) is 2. The van der Waals surface area contributed by atoms with E-state index < -0.39 is 5.54 Å². The Hall–Kier alpha value is -0.0700. The quantitative estimate of drug-likeness (QED) is 0.783. The second-order valence-corrected chi connectivity index (χ2v) is 8.15. The van der Waals surface area contributed by atoms with Gasteiger partial charge in [0.2, 0.25) is 5.91 Å². The summed E-state index contributed by atoms with van der Waals surface area (Å²) in [6, 6.07) is 0. The molecule has 1 amide bonds. The largest absolute Gasteiger partial charge is 0.373 e. The van der Waals surface area contributed by atoms with Crippen LogP contribution >= 0.6 is 24.8 Å². The van der Waals surface area contributed by atoms with Crippen molar-refractivity contribution in [2.24, 2.45) is 5.73 Å². The first kappa shape index (κ1) is 22.0. The molecule has 0 aromatic heterocycles. The molecule has 0 atom stereocenters. The molecule has 7 heteroatoms. The first-order chi connectivity index (χ1) is 10.4. The van der Waals surface area contributed by atoms with Crippen LogP contribution in [0.4, 0.5) is 0 Å². The number of morpholine rings is 1. The van der Waals surface area contributed by atoms with Crippen LogP contribution in [0.15, 0.2) is 0 Å². The van der Waals surface area contributed by atoms with Gasteiger partial charge >= 0.3 is 0 Å². The third kappa shape index (κ3) is 4.76. The molecule has 1 aliphatic heterocycles. The summed E-state index contributed by atoms with van der Waals surface area (Å²) in [6.07, 6.45) is 7.81. The molecule has 0 bridgehead atoms. The van der Waals surface area contributed by atoms with Crippen LogP contribution < -0.4 is 11.1 Å². The highest BCUT2D eigenvalue weighted by molar-refractivity contribution is 5.89. The van der Waals surface area contributed by atoms with Gasteiger partial charge in [0.1, 0.15) is 0 Å².